The number of hydrogen-bond acceptors (Lipinski definition) is 5. The van der Waals surface area contributed by atoms with E-state index in [1.165, 1.54) is 12.3 Å². The minimum atomic E-state index is -0.959. The van der Waals surface area contributed by atoms with Gasteiger partial charge in [0, 0.05) is 48.2 Å². The molecule has 35 heavy (non-hydrogen) atoms. The van der Waals surface area contributed by atoms with E-state index >= 15 is 0 Å². The van der Waals surface area contributed by atoms with Crippen molar-refractivity contribution < 1.29 is 13.6 Å². The normalized spacial score (nSPS) is 15.0. The first-order chi connectivity index (χ1) is 16.8. The lowest BCUT2D eigenvalue weighted by Crippen LogP contribution is -2.49. The second-order valence-electron chi connectivity index (χ2n) is 8.66. The summed E-state index contributed by atoms with van der Waals surface area (Å²) in [6, 6.07) is 3.67. The van der Waals surface area contributed by atoms with Crippen molar-refractivity contribution in [3.05, 3.63) is 72.2 Å². The van der Waals surface area contributed by atoms with E-state index in [2.05, 4.69) is 39.1 Å². The van der Waals surface area contributed by atoms with Crippen molar-refractivity contribution in [3.8, 4) is 11.3 Å². The second kappa shape index (κ2) is 12.2. The van der Waals surface area contributed by atoms with Gasteiger partial charge in [0.05, 0.1) is 17.6 Å². The third-order valence-corrected chi connectivity index (χ3v) is 6.57. The third kappa shape index (κ3) is 6.45. The molecular weight excluding hydrogens is 563 g/mol. The lowest BCUT2D eigenvalue weighted by molar-refractivity contribution is -0.132. The molecule has 9 heteroatoms. The maximum atomic E-state index is 14.1. The fourth-order valence-corrected chi connectivity index (χ4v) is 4.63. The fourth-order valence-electron chi connectivity index (χ4n) is 3.91. The van der Waals surface area contributed by atoms with E-state index in [1.54, 1.807) is 18.3 Å². The molecule has 1 aliphatic heterocycles. The van der Waals surface area contributed by atoms with Crippen LogP contribution in [0.4, 0.5) is 14.6 Å². The number of benzene rings is 1. The van der Waals surface area contributed by atoms with Gasteiger partial charge in [0.25, 0.3) is 0 Å². The molecule has 1 saturated heterocycles. The molecule has 2 N–H and O–H groups in total. The Morgan fingerprint density at radius 2 is 1.94 bits per heavy atom. The van der Waals surface area contributed by atoms with Gasteiger partial charge in [-0.2, -0.15) is 0 Å². The average molecular weight is 593 g/mol. The van der Waals surface area contributed by atoms with Gasteiger partial charge < -0.3 is 15.5 Å². The summed E-state index contributed by atoms with van der Waals surface area (Å²) in [6.45, 7) is 10.4. The average Bonchev–Trinajstić information content (AvgIpc) is 2.85. The number of nitrogens with two attached hydrogens (primary N) is 1. The van der Waals surface area contributed by atoms with Gasteiger partial charge in [0.15, 0.2) is 11.6 Å². The first-order valence-electron chi connectivity index (χ1n) is 11.4. The highest BCUT2D eigenvalue weighted by molar-refractivity contribution is 14.1. The second-order valence-corrected chi connectivity index (χ2v) is 9.42. The highest BCUT2D eigenvalue weighted by Gasteiger charge is 2.24. The van der Waals surface area contributed by atoms with Crippen LogP contribution in [0, 0.1) is 17.6 Å². The number of alkyl halides is 1. The van der Waals surface area contributed by atoms with E-state index in [0.29, 0.717) is 71.3 Å². The Bertz CT molecular complexity index is 1140. The molecule has 2 aromatic rings. The largest absolute Gasteiger partial charge is 0.405 e. The van der Waals surface area contributed by atoms with Crippen LogP contribution in [0.2, 0.25) is 0 Å². The van der Waals surface area contributed by atoms with E-state index in [4.69, 9.17) is 10.7 Å². The fraction of sp³-hybridized carbons (Fsp3) is 0.346. The number of piperazine rings is 1. The summed E-state index contributed by atoms with van der Waals surface area (Å²) in [4.78, 5) is 25.9. The summed E-state index contributed by atoms with van der Waals surface area (Å²) in [5.74, 6) is -0.769. The van der Waals surface area contributed by atoms with Crippen molar-refractivity contribution in [2.24, 2.45) is 11.7 Å². The molecule has 2 heterocycles. The van der Waals surface area contributed by atoms with Gasteiger partial charge in [0.2, 0.25) is 5.91 Å². The standard InChI is InChI=1S/C26H30F2IN5O/c1-4-18(15-29)20(7-8-30)26-25(19-5-6-21(27)22(28)14-19)31-16-23(32-26)33-9-11-34(12-10-33)24(35)13-17(2)3/h4-8,14,16-17H,1,9-13,15,30H2,2-3H3/b8-7-,20-18-. The first-order valence-corrected chi connectivity index (χ1v) is 13.0. The highest BCUT2D eigenvalue weighted by atomic mass is 127. The molecule has 0 unspecified atom stereocenters. The molecular formula is C26H30F2IN5O. The summed E-state index contributed by atoms with van der Waals surface area (Å²) in [7, 11) is 0. The molecule has 1 aromatic carbocycles. The number of carbonyl (C=O) groups excluding carboxylic acids is 1. The summed E-state index contributed by atoms with van der Waals surface area (Å²) in [5.41, 5.74) is 8.65. The number of rotatable bonds is 8. The monoisotopic (exact) mass is 593 g/mol. The van der Waals surface area contributed by atoms with Crippen LogP contribution < -0.4 is 10.6 Å². The molecule has 0 bridgehead atoms. The van der Waals surface area contributed by atoms with Crippen molar-refractivity contribution in [3.63, 3.8) is 0 Å². The zero-order chi connectivity index (χ0) is 25.5. The quantitative estimate of drug-likeness (QED) is 0.266. The SMILES string of the molecule is C=C/C(CI)=C(\C=C/N)c1nc(N2CCN(C(=O)CC(C)C)CC2)cnc1-c1ccc(F)c(F)c1. The summed E-state index contributed by atoms with van der Waals surface area (Å²) in [6.07, 6.45) is 7.02. The Morgan fingerprint density at radius 3 is 2.51 bits per heavy atom. The topological polar surface area (TPSA) is 75.3 Å². The minimum absolute atomic E-state index is 0.163. The van der Waals surface area contributed by atoms with Gasteiger partial charge in [0.1, 0.15) is 5.82 Å². The Hall–Kier alpha value is -2.82. The summed E-state index contributed by atoms with van der Waals surface area (Å²) < 4.78 is 28.3. The number of hydrogen-bond donors (Lipinski definition) is 1. The van der Waals surface area contributed by atoms with Gasteiger partial charge in [-0.1, -0.05) is 49.1 Å². The van der Waals surface area contributed by atoms with Crippen LogP contribution in [0.25, 0.3) is 16.8 Å². The lowest BCUT2D eigenvalue weighted by Gasteiger charge is -2.36. The number of aromatic nitrogens is 2. The predicted octanol–water partition coefficient (Wildman–Crippen LogP) is 4.96. The van der Waals surface area contributed by atoms with Crippen LogP contribution in [-0.2, 0) is 4.79 Å². The molecule has 0 radical (unpaired) electrons. The van der Waals surface area contributed by atoms with Crippen molar-refractivity contribution in [2.75, 3.05) is 35.5 Å². The number of carbonyl (C=O) groups is 1. The van der Waals surface area contributed by atoms with Crippen LogP contribution in [0.5, 0.6) is 0 Å². The third-order valence-electron chi connectivity index (χ3n) is 5.75. The zero-order valence-corrected chi connectivity index (χ0v) is 22.1. The molecule has 1 aliphatic rings. The Kier molecular flexibility index (Phi) is 9.36. The molecule has 1 amide bonds. The van der Waals surface area contributed by atoms with Crippen molar-refractivity contribution in [1.82, 2.24) is 14.9 Å². The van der Waals surface area contributed by atoms with Crippen LogP contribution in [0.1, 0.15) is 26.0 Å². The first kappa shape index (κ1) is 26.8. The lowest BCUT2D eigenvalue weighted by atomic mass is 10.00. The van der Waals surface area contributed by atoms with Gasteiger partial charge >= 0.3 is 0 Å². The van der Waals surface area contributed by atoms with Gasteiger partial charge in [-0.05, 0) is 42.0 Å². The van der Waals surface area contributed by atoms with E-state index in [0.717, 1.165) is 17.7 Å². The molecule has 0 saturated carbocycles. The Balaban J connectivity index is 2.03. The van der Waals surface area contributed by atoms with Crippen molar-refractivity contribution >= 4 is 39.9 Å². The zero-order valence-electron chi connectivity index (χ0n) is 20.0. The predicted molar refractivity (Wildman–Crippen MR) is 145 cm³/mol. The van der Waals surface area contributed by atoms with Gasteiger partial charge in [-0.25, -0.2) is 13.8 Å². The summed E-state index contributed by atoms with van der Waals surface area (Å²) in [5, 5.41) is 0. The maximum absolute atomic E-state index is 14.1. The summed E-state index contributed by atoms with van der Waals surface area (Å²) >= 11 is 2.23. The maximum Gasteiger partial charge on any atom is 0.222 e. The molecule has 1 fully saturated rings. The molecule has 186 valence electrons. The number of allylic oxidation sites excluding steroid dienone is 4. The molecule has 3 rings (SSSR count). The number of amides is 1. The van der Waals surface area contributed by atoms with Crippen molar-refractivity contribution in [1.29, 1.82) is 0 Å². The van der Waals surface area contributed by atoms with E-state index < -0.39 is 11.6 Å². The molecule has 0 spiro atoms. The highest BCUT2D eigenvalue weighted by Crippen LogP contribution is 2.32. The van der Waals surface area contributed by atoms with Gasteiger partial charge in [-0.15, -0.1) is 0 Å². The number of anilines is 1. The van der Waals surface area contributed by atoms with Crippen LogP contribution >= 0.6 is 22.6 Å². The van der Waals surface area contributed by atoms with Gasteiger partial charge in [-0.3, -0.25) is 9.78 Å². The smallest absolute Gasteiger partial charge is 0.222 e. The van der Waals surface area contributed by atoms with Crippen LogP contribution in [0.3, 0.4) is 0 Å². The van der Waals surface area contributed by atoms with Crippen molar-refractivity contribution in [2.45, 2.75) is 20.3 Å². The number of halogens is 3. The molecule has 0 aliphatic carbocycles. The van der Waals surface area contributed by atoms with E-state index in [-0.39, 0.29) is 5.91 Å². The molecule has 0 atom stereocenters. The minimum Gasteiger partial charge on any atom is -0.405 e. The van der Waals surface area contributed by atoms with Crippen LogP contribution in [-0.4, -0.2) is 51.4 Å². The molecule has 6 nitrogen and oxygen atoms in total. The Morgan fingerprint density at radius 1 is 1.23 bits per heavy atom. The van der Waals surface area contributed by atoms with Crippen LogP contribution in [0.15, 0.2) is 54.9 Å². The Labute approximate surface area is 218 Å². The van der Waals surface area contributed by atoms with E-state index in [1.807, 2.05) is 18.7 Å². The molecule has 1 aromatic heterocycles. The van der Waals surface area contributed by atoms with E-state index in [9.17, 15) is 13.6 Å². The number of nitrogens with zero attached hydrogens (tertiary/aromatic N) is 4.